The monoisotopic (exact) mass is 203 g/mol. The van der Waals surface area contributed by atoms with E-state index in [0.29, 0.717) is 12.1 Å². The lowest BCUT2D eigenvalue weighted by Gasteiger charge is -2.32. The van der Waals surface area contributed by atoms with Gasteiger partial charge in [0.15, 0.2) is 0 Å². The van der Waals surface area contributed by atoms with Crippen LogP contribution in [0.4, 0.5) is 0 Å². The van der Waals surface area contributed by atoms with Crippen LogP contribution >= 0.6 is 0 Å². The molecule has 0 spiro atoms. The van der Waals surface area contributed by atoms with Crippen molar-refractivity contribution < 1.29 is 0 Å². The number of hydrogen-bond acceptors (Lipinski definition) is 3. The van der Waals surface area contributed by atoms with Gasteiger partial charge in [-0.2, -0.15) is 0 Å². The Kier molecular flexibility index (Phi) is 6.58. The van der Waals surface area contributed by atoms with Crippen LogP contribution < -0.4 is 10.9 Å². The summed E-state index contributed by atoms with van der Waals surface area (Å²) < 4.78 is 0. The molecule has 4 heteroatoms. The molecule has 1 unspecified atom stereocenters. The number of hydrogen-bond donors (Lipinski definition) is 2. The van der Waals surface area contributed by atoms with Gasteiger partial charge in [0.25, 0.3) is 0 Å². The Morgan fingerprint density at radius 3 is 1.69 bits per heavy atom. The summed E-state index contributed by atoms with van der Waals surface area (Å²) in [5, 5.41) is 0. The van der Waals surface area contributed by atoms with E-state index in [1.807, 2.05) is 0 Å². The molecule has 0 aromatic carbocycles. The predicted molar refractivity (Wildman–Crippen MR) is 61.9 cm³/mol. The molecule has 0 rings (SSSR count). The van der Waals surface area contributed by atoms with Gasteiger partial charge in [0.2, 0.25) is 0 Å². The Labute approximate surface area is 84.5 Å². The van der Waals surface area contributed by atoms with Gasteiger partial charge in [-0.3, -0.25) is 0 Å². The van der Waals surface area contributed by atoms with Crippen LogP contribution in [-0.4, -0.2) is 25.8 Å². The third-order valence-electron chi connectivity index (χ3n) is 1.83. The molecule has 13 heavy (non-hydrogen) atoms. The number of nitrogens with zero attached hydrogens (tertiary/aromatic N) is 1. The summed E-state index contributed by atoms with van der Waals surface area (Å²) in [6.07, 6.45) is 0. The Hall–Kier alpha value is 0.0969. The molecule has 1 atom stereocenters. The standard InChI is InChI=1S/C9H25N3Si/c1-7-13(6)12(10-8(2)3)11-9(4)5/h8-11,13H,7H2,1-6H3. The first-order valence-corrected chi connectivity index (χ1v) is 7.77. The first-order valence-electron chi connectivity index (χ1n) is 5.28. The largest absolute Gasteiger partial charge is 0.246 e. The number of hydrazine groups is 2. The summed E-state index contributed by atoms with van der Waals surface area (Å²) in [5.41, 5.74) is 6.89. The van der Waals surface area contributed by atoms with Gasteiger partial charge in [-0.05, 0) is 33.7 Å². The average molecular weight is 203 g/mol. The molecule has 0 aliphatic heterocycles. The SMILES string of the molecule is CC[SiH](C)N(NC(C)C)NC(C)C. The predicted octanol–water partition coefficient (Wildman–Crippen LogP) is 1.49. The van der Waals surface area contributed by atoms with Gasteiger partial charge in [0, 0.05) is 12.1 Å². The van der Waals surface area contributed by atoms with Crippen molar-refractivity contribution >= 4 is 8.96 Å². The van der Waals surface area contributed by atoms with Gasteiger partial charge in [0.1, 0.15) is 8.96 Å². The molecule has 0 fully saturated rings. The fourth-order valence-corrected chi connectivity index (χ4v) is 2.50. The second-order valence-corrected chi connectivity index (χ2v) is 7.23. The molecule has 0 aromatic heterocycles. The van der Waals surface area contributed by atoms with Gasteiger partial charge in [-0.1, -0.05) is 13.5 Å². The van der Waals surface area contributed by atoms with Crippen molar-refractivity contribution in [1.82, 2.24) is 15.6 Å². The fraction of sp³-hybridized carbons (Fsp3) is 1.00. The first-order chi connectivity index (χ1) is 5.97. The molecule has 0 radical (unpaired) electrons. The van der Waals surface area contributed by atoms with Crippen LogP contribution in [0.2, 0.25) is 12.6 Å². The van der Waals surface area contributed by atoms with E-state index >= 15 is 0 Å². The molecule has 0 aliphatic rings. The Bertz CT molecular complexity index is 118. The third-order valence-corrected chi connectivity index (χ3v) is 4.19. The van der Waals surface area contributed by atoms with Crippen molar-refractivity contribution in [3.63, 3.8) is 0 Å². The van der Waals surface area contributed by atoms with Gasteiger partial charge >= 0.3 is 0 Å². The zero-order valence-electron chi connectivity index (χ0n) is 9.89. The molecule has 2 N–H and O–H groups in total. The molecule has 0 aliphatic carbocycles. The maximum atomic E-state index is 3.45. The second kappa shape index (κ2) is 6.54. The van der Waals surface area contributed by atoms with E-state index in [2.05, 4.69) is 56.8 Å². The van der Waals surface area contributed by atoms with E-state index in [9.17, 15) is 0 Å². The molecule has 80 valence electrons. The second-order valence-electron chi connectivity index (χ2n) is 4.19. The van der Waals surface area contributed by atoms with E-state index in [-0.39, 0.29) is 0 Å². The molecule has 3 nitrogen and oxygen atoms in total. The van der Waals surface area contributed by atoms with Crippen LogP contribution in [0.15, 0.2) is 0 Å². The summed E-state index contributed by atoms with van der Waals surface area (Å²) in [6, 6.07) is 2.29. The van der Waals surface area contributed by atoms with Crippen molar-refractivity contribution in [3.8, 4) is 0 Å². The quantitative estimate of drug-likeness (QED) is 0.506. The van der Waals surface area contributed by atoms with Crippen LogP contribution in [0.25, 0.3) is 0 Å². The topological polar surface area (TPSA) is 27.3 Å². The minimum Gasteiger partial charge on any atom is -0.246 e. The average Bonchev–Trinajstić information content (AvgIpc) is 2.00. The Morgan fingerprint density at radius 2 is 1.46 bits per heavy atom. The Morgan fingerprint density at radius 1 is 1.08 bits per heavy atom. The van der Waals surface area contributed by atoms with Gasteiger partial charge in [-0.15, -0.1) is 0 Å². The molecule has 0 aromatic rings. The summed E-state index contributed by atoms with van der Waals surface area (Å²) in [5.74, 6) is 0. The van der Waals surface area contributed by atoms with E-state index in [4.69, 9.17) is 0 Å². The lowest BCUT2D eigenvalue weighted by atomic mass is 10.4. The molecule has 0 saturated carbocycles. The van der Waals surface area contributed by atoms with Gasteiger partial charge in [-0.25, -0.2) is 15.6 Å². The number of nitrogens with one attached hydrogen (secondary N) is 2. The fourth-order valence-electron chi connectivity index (χ4n) is 1.03. The van der Waals surface area contributed by atoms with Crippen LogP contribution in [0.3, 0.4) is 0 Å². The van der Waals surface area contributed by atoms with E-state index in [1.165, 1.54) is 6.04 Å². The highest BCUT2D eigenvalue weighted by Gasteiger charge is 2.14. The summed E-state index contributed by atoms with van der Waals surface area (Å²) in [6.45, 7) is 13.3. The lowest BCUT2D eigenvalue weighted by Crippen LogP contribution is -2.59. The summed E-state index contributed by atoms with van der Waals surface area (Å²) in [7, 11) is -0.797. The normalized spacial score (nSPS) is 14.5. The highest BCUT2D eigenvalue weighted by molar-refractivity contribution is 6.53. The molecular formula is C9H25N3Si. The van der Waals surface area contributed by atoms with Crippen LogP contribution in [0, 0.1) is 0 Å². The van der Waals surface area contributed by atoms with Crippen molar-refractivity contribution in [2.75, 3.05) is 0 Å². The Balaban J connectivity index is 4.02. The van der Waals surface area contributed by atoms with Crippen molar-refractivity contribution in [2.45, 2.75) is 59.3 Å². The van der Waals surface area contributed by atoms with E-state index < -0.39 is 8.96 Å². The molecular weight excluding hydrogens is 178 g/mol. The van der Waals surface area contributed by atoms with Crippen LogP contribution in [0.5, 0.6) is 0 Å². The summed E-state index contributed by atoms with van der Waals surface area (Å²) >= 11 is 0. The minimum atomic E-state index is -0.797. The summed E-state index contributed by atoms with van der Waals surface area (Å²) in [4.78, 5) is 2.26. The number of rotatable bonds is 6. The zero-order valence-corrected chi connectivity index (χ0v) is 11.0. The molecule has 0 saturated heterocycles. The minimum absolute atomic E-state index is 0.507. The maximum Gasteiger partial charge on any atom is 0.148 e. The maximum absolute atomic E-state index is 3.45. The van der Waals surface area contributed by atoms with Crippen molar-refractivity contribution in [1.29, 1.82) is 0 Å². The van der Waals surface area contributed by atoms with Crippen LogP contribution in [-0.2, 0) is 0 Å². The van der Waals surface area contributed by atoms with Gasteiger partial charge in [0.05, 0.1) is 0 Å². The highest BCUT2D eigenvalue weighted by Crippen LogP contribution is 1.96. The molecule has 0 heterocycles. The van der Waals surface area contributed by atoms with Crippen molar-refractivity contribution in [2.24, 2.45) is 0 Å². The smallest absolute Gasteiger partial charge is 0.148 e. The first kappa shape index (κ1) is 13.1. The van der Waals surface area contributed by atoms with Crippen molar-refractivity contribution in [3.05, 3.63) is 0 Å². The van der Waals surface area contributed by atoms with E-state index in [0.717, 1.165) is 0 Å². The molecule has 0 bridgehead atoms. The highest BCUT2D eigenvalue weighted by atomic mass is 28.3. The third kappa shape index (κ3) is 6.21. The molecule has 0 amide bonds. The van der Waals surface area contributed by atoms with E-state index in [1.54, 1.807) is 0 Å². The zero-order chi connectivity index (χ0) is 10.4. The lowest BCUT2D eigenvalue weighted by molar-refractivity contribution is 0.188. The van der Waals surface area contributed by atoms with Crippen LogP contribution in [0.1, 0.15) is 34.6 Å². The van der Waals surface area contributed by atoms with Gasteiger partial charge < -0.3 is 0 Å².